The number of aromatic nitrogens is 2. The maximum atomic E-state index is 12.4. The summed E-state index contributed by atoms with van der Waals surface area (Å²) in [5.74, 6) is -0.0659. The highest BCUT2D eigenvalue weighted by Crippen LogP contribution is 2.24. The van der Waals surface area contributed by atoms with Gasteiger partial charge in [-0.15, -0.1) is 0 Å². The second-order valence-corrected chi connectivity index (χ2v) is 7.49. The lowest BCUT2D eigenvalue weighted by Crippen LogP contribution is -2.31. The molecule has 2 aromatic carbocycles. The molecular formula is C19H17Br2N3O. The van der Waals surface area contributed by atoms with Crippen molar-refractivity contribution in [2.45, 2.75) is 12.5 Å². The third kappa shape index (κ3) is 4.38. The van der Waals surface area contributed by atoms with Crippen molar-refractivity contribution in [2.24, 2.45) is 0 Å². The predicted molar refractivity (Wildman–Crippen MR) is 106 cm³/mol. The van der Waals surface area contributed by atoms with E-state index in [1.807, 2.05) is 60.8 Å². The summed E-state index contributed by atoms with van der Waals surface area (Å²) in [7, 11) is 1.65. The second kappa shape index (κ2) is 7.97. The molecule has 0 saturated carbocycles. The standard InChI is InChI=1S/C19H17Br2N3O/c1-22-19(25)18(11-13-4-2-6-15(20)10-13)24-9-8-17(23-24)14-5-3-7-16(21)12-14/h2-10,12,18H,11H2,1H3,(H,22,25). The molecule has 0 bridgehead atoms. The molecular weight excluding hydrogens is 446 g/mol. The topological polar surface area (TPSA) is 46.9 Å². The number of benzene rings is 2. The van der Waals surface area contributed by atoms with Gasteiger partial charge in [0.2, 0.25) is 5.91 Å². The molecule has 0 spiro atoms. The normalized spacial score (nSPS) is 12.0. The van der Waals surface area contributed by atoms with E-state index in [1.165, 1.54) is 0 Å². The third-order valence-electron chi connectivity index (χ3n) is 3.92. The van der Waals surface area contributed by atoms with Gasteiger partial charge in [-0.3, -0.25) is 9.48 Å². The number of hydrogen-bond acceptors (Lipinski definition) is 2. The SMILES string of the molecule is CNC(=O)C(Cc1cccc(Br)c1)n1ccc(-c2cccc(Br)c2)n1. The van der Waals surface area contributed by atoms with E-state index in [1.54, 1.807) is 11.7 Å². The highest BCUT2D eigenvalue weighted by Gasteiger charge is 2.21. The minimum atomic E-state index is -0.403. The molecule has 1 unspecified atom stereocenters. The fourth-order valence-electron chi connectivity index (χ4n) is 2.67. The lowest BCUT2D eigenvalue weighted by Gasteiger charge is -2.16. The van der Waals surface area contributed by atoms with Crippen LogP contribution in [-0.4, -0.2) is 22.7 Å². The molecule has 128 valence electrons. The Morgan fingerprint density at radius 1 is 1.12 bits per heavy atom. The van der Waals surface area contributed by atoms with E-state index in [0.29, 0.717) is 6.42 Å². The van der Waals surface area contributed by atoms with Crippen molar-refractivity contribution in [1.82, 2.24) is 15.1 Å². The molecule has 25 heavy (non-hydrogen) atoms. The number of rotatable bonds is 5. The van der Waals surface area contributed by atoms with E-state index in [-0.39, 0.29) is 5.91 Å². The van der Waals surface area contributed by atoms with Crippen LogP contribution in [0.1, 0.15) is 11.6 Å². The molecule has 3 rings (SSSR count). The summed E-state index contributed by atoms with van der Waals surface area (Å²) in [6.45, 7) is 0. The molecule has 1 atom stereocenters. The highest BCUT2D eigenvalue weighted by molar-refractivity contribution is 9.10. The molecule has 0 radical (unpaired) electrons. The van der Waals surface area contributed by atoms with Crippen molar-refractivity contribution in [3.63, 3.8) is 0 Å². The van der Waals surface area contributed by atoms with Crippen molar-refractivity contribution >= 4 is 37.8 Å². The zero-order valence-corrected chi connectivity index (χ0v) is 16.8. The number of hydrogen-bond donors (Lipinski definition) is 1. The van der Waals surface area contributed by atoms with Crippen molar-refractivity contribution in [1.29, 1.82) is 0 Å². The van der Waals surface area contributed by atoms with E-state index in [4.69, 9.17) is 0 Å². The van der Waals surface area contributed by atoms with E-state index < -0.39 is 6.04 Å². The Morgan fingerprint density at radius 2 is 1.84 bits per heavy atom. The lowest BCUT2D eigenvalue weighted by molar-refractivity contribution is -0.124. The zero-order chi connectivity index (χ0) is 17.8. The van der Waals surface area contributed by atoms with Crippen LogP contribution >= 0.6 is 31.9 Å². The molecule has 1 amide bonds. The average molecular weight is 463 g/mol. The monoisotopic (exact) mass is 461 g/mol. The maximum absolute atomic E-state index is 12.4. The molecule has 0 aliphatic heterocycles. The Labute approximate surface area is 163 Å². The Hall–Kier alpha value is -1.92. The van der Waals surface area contributed by atoms with Gasteiger partial charge in [-0.25, -0.2) is 0 Å². The first-order valence-electron chi connectivity index (χ1n) is 7.84. The van der Waals surface area contributed by atoms with Gasteiger partial charge in [0, 0.05) is 34.2 Å². The van der Waals surface area contributed by atoms with Crippen molar-refractivity contribution < 1.29 is 4.79 Å². The van der Waals surface area contributed by atoms with E-state index >= 15 is 0 Å². The molecule has 1 aromatic heterocycles. The van der Waals surface area contributed by atoms with Gasteiger partial charge in [-0.05, 0) is 35.9 Å². The first-order chi connectivity index (χ1) is 12.1. The number of halogens is 2. The van der Waals surface area contributed by atoms with E-state index in [9.17, 15) is 4.79 Å². The van der Waals surface area contributed by atoms with Gasteiger partial charge in [0.15, 0.2) is 0 Å². The largest absolute Gasteiger partial charge is 0.357 e. The summed E-state index contributed by atoms with van der Waals surface area (Å²) < 4.78 is 3.73. The van der Waals surface area contributed by atoms with Crippen LogP contribution in [0, 0.1) is 0 Å². The van der Waals surface area contributed by atoms with Gasteiger partial charge in [-0.1, -0.05) is 56.1 Å². The van der Waals surface area contributed by atoms with Gasteiger partial charge >= 0.3 is 0 Å². The smallest absolute Gasteiger partial charge is 0.244 e. The van der Waals surface area contributed by atoms with E-state index in [0.717, 1.165) is 25.8 Å². The maximum Gasteiger partial charge on any atom is 0.244 e. The van der Waals surface area contributed by atoms with E-state index in [2.05, 4.69) is 42.3 Å². The molecule has 1 heterocycles. The van der Waals surface area contributed by atoms with Gasteiger partial charge in [0.05, 0.1) is 5.69 Å². The minimum Gasteiger partial charge on any atom is -0.357 e. The van der Waals surface area contributed by atoms with Crippen LogP contribution in [0.25, 0.3) is 11.3 Å². The van der Waals surface area contributed by atoms with Crippen molar-refractivity contribution in [3.05, 3.63) is 75.3 Å². The Kier molecular flexibility index (Phi) is 5.71. The van der Waals surface area contributed by atoms with Crippen molar-refractivity contribution in [3.8, 4) is 11.3 Å². The number of nitrogens with zero attached hydrogens (tertiary/aromatic N) is 2. The average Bonchev–Trinajstić information content (AvgIpc) is 3.09. The Morgan fingerprint density at radius 3 is 2.52 bits per heavy atom. The number of amides is 1. The molecule has 0 aliphatic carbocycles. The van der Waals surface area contributed by atoms with Crippen LogP contribution in [0.2, 0.25) is 0 Å². The van der Waals surface area contributed by atoms with Gasteiger partial charge in [0.25, 0.3) is 0 Å². The van der Waals surface area contributed by atoms with Gasteiger partial charge in [0.1, 0.15) is 6.04 Å². The van der Waals surface area contributed by atoms with Crippen LogP contribution in [0.5, 0.6) is 0 Å². The summed E-state index contributed by atoms with van der Waals surface area (Å²) in [4.78, 5) is 12.4. The fourth-order valence-corrected chi connectivity index (χ4v) is 3.52. The summed E-state index contributed by atoms with van der Waals surface area (Å²) in [6, 6.07) is 17.5. The summed E-state index contributed by atoms with van der Waals surface area (Å²) in [6.07, 6.45) is 2.42. The minimum absolute atomic E-state index is 0.0659. The first kappa shape index (κ1) is 17.9. The first-order valence-corrected chi connectivity index (χ1v) is 9.42. The third-order valence-corrected chi connectivity index (χ3v) is 4.90. The van der Waals surface area contributed by atoms with Crippen LogP contribution in [-0.2, 0) is 11.2 Å². The number of likely N-dealkylation sites (N-methyl/N-ethyl adjacent to an activating group) is 1. The lowest BCUT2D eigenvalue weighted by atomic mass is 10.1. The molecule has 0 aliphatic rings. The molecule has 6 heteroatoms. The van der Waals surface area contributed by atoms with Gasteiger partial charge in [-0.2, -0.15) is 5.10 Å². The number of carbonyl (C=O) groups is 1. The van der Waals surface area contributed by atoms with Crippen LogP contribution < -0.4 is 5.32 Å². The van der Waals surface area contributed by atoms with Crippen molar-refractivity contribution in [2.75, 3.05) is 7.05 Å². The number of carbonyl (C=O) groups excluding carboxylic acids is 1. The predicted octanol–water partition coefficient (Wildman–Crippen LogP) is 4.60. The molecule has 1 N–H and O–H groups in total. The van der Waals surface area contributed by atoms with Crippen LogP contribution in [0.15, 0.2) is 69.7 Å². The quantitative estimate of drug-likeness (QED) is 0.602. The Bertz CT molecular complexity index is 892. The fraction of sp³-hybridized carbons (Fsp3) is 0.158. The summed E-state index contributed by atoms with van der Waals surface area (Å²) in [5.41, 5.74) is 2.91. The van der Waals surface area contributed by atoms with Crippen LogP contribution in [0.3, 0.4) is 0 Å². The molecule has 0 saturated heterocycles. The Balaban J connectivity index is 1.91. The second-order valence-electron chi connectivity index (χ2n) is 5.66. The molecule has 0 fully saturated rings. The zero-order valence-electron chi connectivity index (χ0n) is 13.6. The highest BCUT2D eigenvalue weighted by atomic mass is 79.9. The van der Waals surface area contributed by atoms with Gasteiger partial charge < -0.3 is 5.32 Å². The summed E-state index contributed by atoms with van der Waals surface area (Å²) in [5, 5.41) is 7.37. The van der Waals surface area contributed by atoms with Crippen LogP contribution in [0.4, 0.5) is 0 Å². The number of nitrogens with one attached hydrogen (secondary N) is 1. The summed E-state index contributed by atoms with van der Waals surface area (Å²) >= 11 is 6.95. The molecule has 3 aromatic rings. The molecule has 4 nitrogen and oxygen atoms in total.